The zero-order valence-corrected chi connectivity index (χ0v) is 15.6. The van der Waals surface area contributed by atoms with Gasteiger partial charge in [0.2, 0.25) is 0 Å². The van der Waals surface area contributed by atoms with Gasteiger partial charge in [0.1, 0.15) is 24.4 Å². The Kier molecular flexibility index (Phi) is 4.49. The highest BCUT2D eigenvalue weighted by atomic mass is 16.5. The Hall–Kier alpha value is -2.64. The van der Waals surface area contributed by atoms with Crippen LogP contribution < -0.4 is 15.0 Å². The van der Waals surface area contributed by atoms with Gasteiger partial charge in [-0.25, -0.2) is 9.69 Å². The van der Waals surface area contributed by atoms with Crippen LogP contribution in [0.4, 0.5) is 4.79 Å². The molecule has 2 aromatic rings. The van der Waals surface area contributed by atoms with Gasteiger partial charge in [-0.05, 0) is 41.5 Å². The maximum absolute atomic E-state index is 13.1. The normalized spacial score (nSPS) is 23.7. The summed E-state index contributed by atoms with van der Waals surface area (Å²) in [5.41, 5.74) is -0.283. The largest absolute Gasteiger partial charge is 0.497 e. The van der Waals surface area contributed by atoms with Gasteiger partial charge in [-0.3, -0.25) is 4.79 Å². The van der Waals surface area contributed by atoms with Crippen molar-refractivity contribution >= 4 is 22.7 Å². The van der Waals surface area contributed by atoms with Crippen molar-refractivity contribution in [3.8, 4) is 5.75 Å². The van der Waals surface area contributed by atoms with Gasteiger partial charge in [0.15, 0.2) is 6.67 Å². The van der Waals surface area contributed by atoms with Gasteiger partial charge in [0.25, 0.3) is 5.91 Å². The number of nitrogens with zero attached hydrogens (tertiary/aromatic N) is 1. The third-order valence-corrected chi connectivity index (χ3v) is 5.48. The summed E-state index contributed by atoms with van der Waals surface area (Å²) in [5, 5.41) is 4.91. The zero-order valence-electron chi connectivity index (χ0n) is 15.6. The molecule has 2 aromatic carbocycles. The quantitative estimate of drug-likeness (QED) is 0.769. The van der Waals surface area contributed by atoms with Crippen molar-refractivity contribution in [1.82, 2.24) is 10.2 Å². The Morgan fingerprint density at radius 2 is 1.85 bits per heavy atom. The van der Waals surface area contributed by atoms with Gasteiger partial charge in [0, 0.05) is 0 Å². The van der Waals surface area contributed by atoms with E-state index in [4.69, 9.17) is 9.47 Å². The van der Waals surface area contributed by atoms with E-state index in [1.807, 2.05) is 36.4 Å². The fraction of sp³-hybridized carbons (Fsp3) is 0.400. The lowest BCUT2D eigenvalue weighted by molar-refractivity contribution is -0.915. The minimum atomic E-state index is -1.06. The van der Waals surface area contributed by atoms with E-state index in [-0.39, 0.29) is 11.9 Å². The monoisotopic (exact) mass is 370 g/mol. The van der Waals surface area contributed by atoms with Crippen LogP contribution >= 0.6 is 0 Å². The third-order valence-electron chi connectivity index (χ3n) is 5.48. The van der Waals surface area contributed by atoms with Crippen LogP contribution in [0.15, 0.2) is 36.4 Å². The molecule has 7 nitrogen and oxygen atoms in total. The fourth-order valence-electron chi connectivity index (χ4n) is 3.74. The van der Waals surface area contributed by atoms with Crippen molar-refractivity contribution in [2.75, 3.05) is 40.1 Å². The predicted octanol–water partition coefficient (Wildman–Crippen LogP) is 0.488. The lowest BCUT2D eigenvalue weighted by Crippen LogP contribution is -3.15. The molecule has 2 heterocycles. The number of methoxy groups -OCH3 is 1. The second kappa shape index (κ2) is 6.83. The number of urea groups is 1. The molecular weight excluding hydrogens is 346 g/mol. The number of benzene rings is 2. The van der Waals surface area contributed by atoms with Crippen molar-refractivity contribution in [1.29, 1.82) is 0 Å². The van der Waals surface area contributed by atoms with Crippen LogP contribution in [0, 0.1) is 0 Å². The van der Waals surface area contributed by atoms with Gasteiger partial charge in [-0.1, -0.05) is 18.2 Å². The van der Waals surface area contributed by atoms with E-state index < -0.39 is 5.54 Å². The van der Waals surface area contributed by atoms with Crippen LogP contribution in [0.25, 0.3) is 10.8 Å². The minimum absolute atomic E-state index is 0.209. The van der Waals surface area contributed by atoms with Crippen LogP contribution in [0.3, 0.4) is 0 Å². The molecule has 3 amide bonds. The molecule has 2 aliphatic heterocycles. The predicted molar refractivity (Wildman–Crippen MR) is 99.6 cm³/mol. The van der Waals surface area contributed by atoms with E-state index >= 15 is 0 Å². The van der Waals surface area contributed by atoms with Crippen molar-refractivity contribution in [2.45, 2.75) is 12.5 Å². The molecule has 0 aromatic heterocycles. The Labute approximate surface area is 157 Å². The van der Waals surface area contributed by atoms with Crippen LogP contribution in [0.2, 0.25) is 0 Å². The molecule has 2 fully saturated rings. The topological polar surface area (TPSA) is 72.3 Å². The third kappa shape index (κ3) is 3.13. The average Bonchev–Trinajstić information content (AvgIpc) is 2.92. The summed E-state index contributed by atoms with van der Waals surface area (Å²) in [6.07, 6.45) is 0. The van der Waals surface area contributed by atoms with Gasteiger partial charge >= 0.3 is 6.03 Å². The van der Waals surface area contributed by atoms with Gasteiger partial charge < -0.3 is 19.7 Å². The lowest BCUT2D eigenvalue weighted by atomic mass is 9.90. The molecule has 7 heteroatoms. The molecule has 2 aliphatic rings. The fourth-order valence-corrected chi connectivity index (χ4v) is 3.74. The number of nitrogens with one attached hydrogen (secondary N) is 2. The number of amides is 3. The van der Waals surface area contributed by atoms with E-state index in [0.29, 0.717) is 19.9 Å². The van der Waals surface area contributed by atoms with E-state index in [0.717, 1.165) is 35.2 Å². The smallest absolute Gasteiger partial charge is 0.329 e. The van der Waals surface area contributed by atoms with E-state index in [1.165, 1.54) is 9.80 Å². The van der Waals surface area contributed by atoms with E-state index in [1.54, 1.807) is 14.0 Å². The summed E-state index contributed by atoms with van der Waals surface area (Å²) in [7, 11) is 1.63. The Morgan fingerprint density at radius 3 is 2.59 bits per heavy atom. The number of rotatable bonds is 4. The molecule has 0 bridgehead atoms. The molecule has 0 spiro atoms. The molecule has 1 atom stereocenters. The summed E-state index contributed by atoms with van der Waals surface area (Å²) in [5.74, 6) is 0.575. The Bertz CT molecular complexity index is 894. The number of fused-ring (bicyclic) bond motifs is 1. The average molecular weight is 370 g/mol. The summed E-state index contributed by atoms with van der Waals surface area (Å²) in [6, 6.07) is 11.3. The molecule has 0 saturated carbocycles. The highest BCUT2D eigenvalue weighted by Gasteiger charge is 2.50. The SMILES string of the molecule is COc1ccc2cc([C@]3(C)NC(=O)N(C[NH+]4CCOCC4)C3=O)ccc2c1. The van der Waals surface area contributed by atoms with Crippen molar-refractivity contribution < 1.29 is 24.0 Å². The summed E-state index contributed by atoms with van der Waals surface area (Å²) >= 11 is 0. The molecule has 0 aliphatic carbocycles. The number of hydrogen-bond donors (Lipinski definition) is 2. The number of morpholine rings is 1. The van der Waals surface area contributed by atoms with Gasteiger partial charge in [-0.2, -0.15) is 0 Å². The highest BCUT2D eigenvalue weighted by molar-refractivity contribution is 6.07. The first-order valence-electron chi connectivity index (χ1n) is 9.15. The van der Waals surface area contributed by atoms with E-state index in [2.05, 4.69) is 5.32 Å². The second-order valence-corrected chi connectivity index (χ2v) is 7.24. The molecule has 2 N–H and O–H groups in total. The molecule has 27 heavy (non-hydrogen) atoms. The van der Waals surface area contributed by atoms with Crippen molar-refractivity contribution in [2.24, 2.45) is 0 Å². The van der Waals surface area contributed by atoms with Crippen molar-refractivity contribution in [3.05, 3.63) is 42.0 Å². The zero-order chi connectivity index (χ0) is 19.0. The Balaban J connectivity index is 1.61. The number of carbonyl (C=O) groups excluding carboxylic acids is 2. The summed E-state index contributed by atoms with van der Waals surface area (Å²) < 4.78 is 10.6. The van der Waals surface area contributed by atoms with Crippen LogP contribution in [0.1, 0.15) is 12.5 Å². The molecule has 0 unspecified atom stereocenters. The molecule has 142 valence electrons. The van der Waals surface area contributed by atoms with Gasteiger partial charge in [0.05, 0.1) is 20.3 Å². The number of carbonyl (C=O) groups is 2. The standard InChI is InChI=1S/C20H23N3O4/c1-20(16-5-3-15-12-17(26-2)6-4-14(15)11-16)18(24)23(19(25)21-20)13-22-7-9-27-10-8-22/h3-6,11-12H,7-10,13H2,1-2H3,(H,21,25)/p+1/t20-/m0/s1. The summed E-state index contributed by atoms with van der Waals surface area (Å²) in [4.78, 5) is 28.2. The van der Waals surface area contributed by atoms with Crippen molar-refractivity contribution in [3.63, 3.8) is 0 Å². The first-order chi connectivity index (χ1) is 13.0. The Morgan fingerprint density at radius 1 is 1.15 bits per heavy atom. The number of ether oxygens (including phenoxy) is 2. The van der Waals surface area contributed by atoms with Crippen LogP contribution in [0.5, 0.6) is 5.75 Å². The first-order valence-corrected chi connectivity index (χ1v) is 9.15. The van der Waals surface area contributed by atoms with E-state index in [9.17, 15) is 9.59 Å². The van der Waals surface area contributed by atoms with Crippen LogP contribution in [-0.2, 0) is 15.1 Å². The van der Waals surface area contributed by atoms with Crippen LogP contribution in [-0.4, -0.2) is 56.9 Å². The lowest BCUT2D eigenvalue weighted by Gasteiger charge is -2.27. The maximum Gasteiger partial charge on any atom is 0.329 e. The first kappa shape index (κ1) is 17.8. The number of hydrogen-bond acceptors (Lipinski definition) is 4. The number of quaternary nitrogens is 1. The van der Waals surface area contributed by atoms with Gasteiger partial charge in [-0.15, -0.1) is 0 Å². The molecule has 4 rings (SSSR count). The number of imide groups is 1. The summed E-state index contributed by atoms with van der Waals surface area (Å²) in [6.45, 7) is 5.05. The molecule has 0 radical (unpaired) electrons. The maximum atomic E-state index is 13.1. The highest BCUT2D eigenvalue weighted by Crippen LogP contribution is 2.31. The molecular formula is C20H24N3O4+. The second-order valence-electron chi connectivity index (χ2n) is 7.24. The minimum Gasteiger partial charge on any atom is -0.497 e. The molecule has 2 saturated heterocycles.